The first kappa shape index (κ1) is 13.6. The largest absolute Gasteiger partial charge is 0.337 e. The van der Waals surface area contributed by atoms with E-state index in [-0.39, 0.29) is 18.8 Å². The molecule has 9 heteroatoms. The van der Waals surface area contributed by atoms with Gasteiger partial charge in [-0.05, 0) is 6.07 Å². The van der Waals surface area contributed by atoms with E-state index in [4.69, 9.17) is 0 Å². The number of nitrogens with zero attached hydrogens (tertiary/aromatic N) is 5. The van der Waals surface area contributed by atoms with E-state index in [9.17, 15) is 19.5 Å². The van der Waals surface area contributed by atoms with Crippen LogP contribution in [0.25, 0.3) is 10.9 Å². The van der Waals surface area contributed by atoms with Gasteiger partial charge in [-0.1, -0.05) is 28.6 Å². The zero-order chi connectivity index (χ0) is 14.5. The van der Waals surface area contributed by atoms with Crippen LogP contribution in [0.3, 0.4) is 0 Å². The van der Waals surface area contributed by atoms with Gasteiger partial charge in [0, 0.05) is 10.6 Å². The highest BCUT2D eigenvalue weighted by molar-refractivity contribution is 6.05. The molecule has 1 aromatic carbocycles. The van der Waals surface area contributed by atoms with Crippen LogP contribution in [0, 0.1) is 14.7 Å². The van der Waals surface area contributed by atoms with Gasteiger partial charge in [-0.15, -0.1) is 4.91 Å². The fourth-order valence-corrected chi connectivity index (χ4v) is 1.88. The summed E-state index contributed by atoms with van der Waals surface area (Å²) < 4.78 is 1.34. The second kappa shape index (κ2) is 5.87. The van der Waals surface area contributed by atoms with Crippen LogP contribution in [0.2, 0.25) is 0 Å². The molecule has 2 rings (SSSR count). The normalized spacial score (nSPS) is 12.0. The number of carbonyl (C=O) groups excluding carboxylic acids is 1. The number of fused-ring (bicyclic) bond motifs is 1. The van der Waals surface area contributed by atoms with Crippen molar-refractivity contribution < 1.29 is 4.79 Å². The SMILES string of the molecule is O=NCC(Cn1nc(C(=O)N=O)c2ccccc21)N=O. The Balaban J connectivity index is 2.48. The molecule has 0 N–H and O–H groups in total. The number of aromatic nitrogens is 2. The van der Waals surface area contributed by atoms with Crippen LogP contribution in [0.4, 0.5) is 0 Å². The van der Waals surface area contributed by atoms with Crippen molar-refractivity contribution in [1.82, 2.24) is 9.78 Å². The van der Waals surface area contributed by atoms with Crippen LogP contribution < -0.4 is 0 Å². The third-order valence-electron chi connectivity index (χ3n) is 2.76. The van der Waals surface area contributed by atoms with E-state index >= 15 is 0 Å². The summed E-state index contributed by atoms with van der Waals surface area (Å²) in [5, 5.41) is 12.1. The van der Waals surface area contributed by atoms with E-state index in [0.29, 0.717) is 10.9 Å². The maximum absolute atomic E-state index is 11.4. The Morgan fingerprint density at radius 2 is 2.00 bits per heavy atom. The maximum atomic E-state index is 11.4. The maximum Gasteiger partial charge on any atom is 0.337 e. The fourth-order valence-electron chi connectivity index (χ4n) is 1.88. The average molecular weight is 275 g/mol. The van der Waals surface area contributed by atoms with E-state index in [1.54, 1.807) is 24.3 Å². The van der Waals surface area contributed by atoms with Crippen molar-refractivity contribution in [2.24, 2.45) is 15.5 Å². The highest BCUT2D eigenvalue weighted by atomic mass is 16.3. The lowest BCUT2D eigenvalue weighted by Gasteiger charge is -2.05. The van der Waals surface area contributed by atoms with Gasteiger partial charge in [0.05, 0.1) is 12.1 Å². The molecule has 0 saturated carbocycles. The minimum atomic E-state index is -0.996. The standard InChI is InChI=1S/C11H9N5O4/c17-11(15-20)10-8-3-1-2-4-9(8)16(13-10)6-7(14-19)5-12-18/h1-4,7H,5-6H2. The van der Waals surface area contributed by atoms with Gasteiger partial charge < -0.3 is 0 Å². The molecule has 2 aromatic rings. The predicted octanol–water partition coefficient (Wildman–Crippen LogP) is 1.84. The summed E-state index contributed by atoms with van der Waals surface area (Å²) in [6.07, 6.45) is 0. The summed E-state index contributed by atoms with van der Waals surface area (Å²) in [5.41, 5.74) is 0.443. The van der Waals surface area contributed by atoms with Gasteiger partial charge >= 0.3 is 5.91 Å². The van der Waals surface area contributed by atoms with Crippen LogP contribution in [-0.2, 0) is 6.54 Å². The van der Waals surface area contributed by atoms with Crippen LogP contribution in [0.5, 0.6) is 0 Å². The molecule has 20 heavy (non-hydrogen) atoms. The number of benzene rings is 1. The molecule has 9 nitrogen and oxygen atoms in total. The summed E-state index contributed by atoms with van der Waals surface area (Å²) >= 11 is 0. The number of hydrogen-bond donors (Lipinski definition) is 0. The molecular weight excluding hydrogens is 266 g/mol. The molecule has 1 aromatic heterocycles. The van der Waals surface area contributed by atoms with E-state index in [2.05, 4.69) is 20.6 Å². The Kier molecular flexibility index (Phi) is 3.99. The van der Waals surface area contributed by atoms with Crippen molar-refractivity contribution in [3.63, 3.8) is 0 Å². The Labute approximate surface area is 111 Å². The van der Waals surface area contributed by atoms with Gasteiger partial charge in [-0.2, -0.15) is 14.9 Å². The van der Waals surface area contributed by atoms with E-state index in [1.165, 1.54) is 4.68 Å². The second-order valence-corrected chi connectivity index (χ2v) is 4.02. The highest BCUT2D eigenvalue weighted by Crippen LogP contribution is 2.19. The molecule has 0 bridgehead atoms. The smallest absolute Gasteiger partial charge is 0.262 e. The lowest BCUT2D eigenvalue weighted by Crippen LogP contribution is -2.18. The number of hydrogen-bond acceptors (Lipinski definition) is 7. The van der Waals surface area contributed by atoms with Gasteiger partial charge in [-0.3, -0.25) is 9.48 Å². The highest BCUT2D eigenvalue weighted by Gasteiger charge is 2.19. The van der Waals surface area contributed by atoms with Gasteiger partial charge in [0.1, 0.15) is 12.6 Å². The third kappa shape index (κ3) is 2.46. The Hall–Kier alpha value is -2.84. The molecule has 1 atom stereocenters. The minimum Gasteiger partial charge on any atom is -0.262 e. The molecule has 102 valence electrons. The van der Waals surface area contributed by atoms with Crippen molar-refractivity contribution in [2.75, 3.05) is 6.54 Å². The first-order valence-corrected chi connectivity index (χ1v) is 5.66. The van der Waals surface area contributed by atoms with Gasteiger partial charge in [0.25, 0.3) is 0 Å². The van der Waals surface area contributed by atoms with E-state index < -0.39 is 11.9 Å². The van der Waals surface area contributed by atoms with Gasteiger partial charge in [0.2, 0.25) is 0 Å². The Morgan fingerprint density at radius 1 is 1.25 bits per heavy atom. The Bertz CT molecular complexity index is 681. The van der Waals surface area contributed by atoms with Crippen molar-refractivity contribution in [3.8, 4) is 0 Å². The molecule has 1 unspecified atom stereocenters. The number of para-hydroxylation sites is 1. The molecule has 0 aliphatic carbocycles. The van der Waals surface area contributed by atoms with Crippen LogP contribution in [-0.4, -0.2) is 28.3 Å². The monoisotopic (exact) mass is 275 g/mol. The molecule has 0 aliphatic rings. The summed E-state index contributed by atoms with van der Waals surface area (Å²) in [6.45, 7) is -0.297. The van der Waals surface area contributed by atoms with Crippen LogP contribution in [0.15, 0.2) is 39.8 Å². The van der Waals surface area contributed by atoms with E-state index in [0.717, 1.165) is 0 Å². The summed E-state index contributed by atoms with van der Waals surface area (Å²) in [7, 11) is 0. The fraction of sp³-hybridized carbons (Fsp3) is 0.273. The quantitative estimate of drug-likeness (QED) is 0.744. The molecule has 0 spiro atoms. The van der Waals surface area contributed by atoms with Crippen molar-refractivity contribution in [2.45, 2.75) is 12.6 Å². The molecule has 0 radical (unpaired) electrons. The first-order valence-electron chi connectivity index (χ1n) is 5.66. The number of amides is 1. The molecular formula is C11H9N5O4. The van der Waals surface area contributed by atoms with Gasteiger partial charge in [-0.25, -0.2) is 0 Å². The number of carbonyl (C=O) groups is 1. The van der Waals surface area contributed by atoms with Crippen molar-refractivity contribution >= 4 is 16.8 Å². The lowest BCUT2D eigenvalue weighted by molar-refractivity contribution is 0.0996. The molecule has 0 saturated heterocycles. The predicted molar refractivity (Wildman–Crippen MR) is 70.1 cm³/mol. The average Bonchev–Trinajstić information content (AvgIpc) is 2.85. The van der Waals surface area contributed by atoms with Crippen molar-refractivity contribution in [1.29, 1.82) is 0 Å². The van der Waals surface area contributed by atoms with Gasteiger partial charge in [0.15, 0.2) is 5.69 Å². The second-order valence-electron chi connectivity index (χ2n) is 4.02. The lowest BCUT2D eigenvalue weighted by atomic mass is 10.2. The number of rotatable bonds is 6. The molecule has 0 aliphatic heterocycles. The van der Waals surface area contributed by atoms with Crippen molar-refractivity contribution in [3.05, 3.63) is 44.7 Å². The Morgan fingerprint density at radius 3 is 2.65 bits per heavy atom. The van der Waals surface area contributed by atoms with Crippen LogP contribution >= 0.6 is 0 Å². The number of nitroso groups, excluding NO2 is 3. The molecule has 1 amide bonds. The topological polar surface area (TPSA) is 123 Å². The molecule has 1 heterocycles. The zero-order valence-electron chi connectivity index (χ0n) is 10.2. The van der Waals surface area contributed by atoms with Crippen LogP contribution in [0.1, 0.15) is 10.5 Å². The summed E-state index contributed by atoms with van der Waals surface area (Å²) in [6, 6.07) is 5.78. The summed E-state index contributed by atoms with van der Waals surface area (Å²) in [5.74, 6) is -0.996. The zero-order valence-corrected chi connectivity index (χ0v) is 10.2. The van der Waals surface area contributed by atoms with E-state index in [1.807, 2.05) is 0 Å². The first-order chi connectivity index (χ1) is 9.71. The summed E-state index contributed by atoms with van der Waals surface area (Å²) in [4.78, 5) is 42.6. The molecule has 0 fully saturated rings. The minimum absolute atomic E-state index is 0.0120. The third-order valence-corrected chi connectivity index (χ3v) is 2.76.